The van der Waals surface area contributed by atoms with Gasteiger partial charge >= 0.3 is 0 Å². The molecule has 0 aliphatic carbocycles. The average Bonchev–Trinajstić information content (AvgIpc) is 3.00. The summed E-state index contributed by atoms with van der Waals surface area (Å²) in [5.74, 6) is 0. The number of nitrogens with zero attached hydrogens (tertiary/aromatic N) is 2. The summed E-state index contributed by atoms with van der Waals surface area (Å²) in [5, 5.41) is 0.861. The van der Waals surface area contributed by atoms with E-state index >= 15 is 0 Å². The lowest BCUT2D eigenvalue weighted by molar-refractivity contribution is 0.175. The van der Waals surface area contributed by atoms with E-state index in [-0.39, 0.29) is 0 Å². The minimum atomic E-state index is 0.653. The van der Waals surface area contributed by atoms with Crippen molar-refractivity contribution in [2.45, 2.75) is 38.1 Å². The van der Waals surface area contributed by atoms with Crippen molar-refractivity contribution in [3.63, 3.8) is 0 Å². The molecule has 1 aromatic rings. The quantitative estimate of drug-likeness (QED) is 0.928. The third-order valence-electron chi connectivity index (χ3n) is 4.90. The number of rotatable bonds is 4. The van der Waals surface area contributed by atoms with Crippen LogP contribution >= 0.6 is 11.6 Å². The van der Waals surface area contributed by atoms with Crippen LogP contribution in [0.2, 0.25) is 5.02 Å². The molecule has 1 atom stereocenters. The van der Waals surface area contributed by atoms with E-state index in [1.165, 1.54) is 50.0 Å². The number of halogens is 1. The van der Waals surface area contributed by atoms with E-state index in [1.54, 1.807) is 0 Å². The van der Waals surface area contributed by atoms with Crippen molar-refractivity contribution < 1.29 is 0 Å². The fourth-order valence-corrected chi connectivity index (χ4v) is 4.04. The Kier molecular flexibility index (Phi) is 5.04. The van der Waals surface area contributed by atoms with Crippen LogP contribution in [0.5, 0.6) is 0 Å². The molecule has 4 heteroatoms. The molecule has 2 saturated heterocycles. The van der Waals surface area contributed by atoms with Gasteiger partial charge in [0.25, 0.3) is 0 Å². The minimum absolute atomic E-state index is 0.653. The van der Waals surface area contributed by atoms with Gasteiger partial charge in [0.1, 0.15) is 0 Å². The Bertz CT molecular complexity index is 471. The van der Waals surface area contributed by atoms with Gasteiger partial charge in [0, 0.05) is 29.8 Å². The Hall–Kier alpha value is -0.770. The first-order valence-electron chi connectivity index (χ1n) is 8.26. The minimum Gasteiger partial charge on any atom is -0.370 e. The first-order chi connectivity index (χ1) is 10.3. The molecule has 2 aliphatic rings. The Morgan fingerprint density at radius 1 is 1.14 bits per heavy atom. The van der Waals surface area contributed by atoms with Crippen LogP contribution in [0, 0.1) is 0 Å². The van der Waals surface area contributed by atoms with Crippen molar-refractivity contribution in [2.75, 3.05) is 37.6 Å². The molecule has 1 aromatic carbocycles. The number of hydrogen-bond acceptors (Lipinski definition) is 3. The summed E-state index contributed by atoms with van der Waals surface area (Å²) >= 11 is 6.38. The molecular weight excluding hydrogens is 282 g/mol. The van der Waals surface area contributed by atoms with Crippen molar-refractivity contribution in [1.82, 2.24) is 4.90 Å². The van der Waals surface area contributed by atoms with E-state index < -0.39 is 0 Å². The fraction of sp³-hybridized carbons (Fsp3) is 0.647. The summed E-state index contributed by atoms with van der Waals surface area (Å²) in [6, 6.07) is 6.96. The first kappa shape index (κ1) is 15.1. The Morgan fingerprint density at radius 2 is 1.95 bits per heavy atom. The molecule has 2 N–H and O–H groups in total. The molecule has 21 heavy (non-hydrogen) atoms. The Morgan fingerprint density at radius 3 is 2.71 bits per heavy atom. The number of piperidine rings is 1. The highest BCUT2D eigenvalue weighted by Gasteiger charge is 2.29. The van der Waals surface area contributed by atoms with Crippen molar-refractivity contribution in [3.05, 3.63) is 28.8 Å². The number of nitrogens with two attached hydrogens (primary N) is 1. The molecule has 116 valence electrons. The third-order valence-corrected chi connectivity index (χ3v) is 5.25. The summed E-state index contributed by atoms with van der Waals surface area (Å²) in [7, 11) is 0. The van der Waals surface area contributed by atoms with Crippen LogP contribution in [0.25, 0.3) is 0 Å². The fourth-order valence-electron chi connectivity index (χ4n) is 3.78. The summed E-state index contributed by atoms with van der Waals surface area (Å²) in [6.45, 7) is 5.49. The van der Waals surface area contributed by atoms with E-state index in [0.717, 1.165) is 30.6 Å². The third kappa shape index (κ3) is 3.36. The van der Waals surface area contributed by atoms with Crippen LogP contribution in [0.1, 0.15) is 31.2 Å². The first-order valence-corrected chi connectivity index (χ1v) is 8.64. The molecule has 0 amide bonds. The maximum atomic E-state index is 6.38. The maximum Gasteiger partial charge on any atom is 0.0459 e. The number of benzene rings is 1. The van der Waals surface area contributed by atoms with Crippen molar-refractivity contribution in [2.24, 2.45) is 5.73 Å². The molecule has 2 aliphatic heterocycles. The zero-order valence-corrected chi connectivity index (χ0v) is 13.5. The molecular formula is C17H26ClN3. The summed E-state index contributed by atoms with van der Waals surface area (Å²) < 4.78 is 0. The van der Waals surface area contributed by atoms with E-state index in [2.05, 4.69) is 21.9 Å². The molecule has 0 aromatic heterocycles. The summed E-state index contributed by atoms with van der Waals surface area (Å²) in [5.41, 5.74) is 8.28. The van der Waals surface area contributed by atoms with Crippen molar-refractivity contribution in [3.8, 4) is 0 Å². The van der Waals surface area contributed by atoms with Crippen molar-refractivity contribution >= 4 is 17.3 Å². The van der Waals surface area contributed by atoms with Gasteiger partial charge in [-0.2, -0.15) is 0 Å². The van der Waals surface area contributed by atoms with Gasteiger partial charge < -0.3 is 10.6 Å². The van der Waals surface area contributed by atoms with Gasteiger partial charge in [-0.1, -0.05) is 24.1 Å². The SMILES string of the molecule is NCCc1c(Cl)cccc1N1CCC(N2CCCCC2)C1. The smallest absolute Gasteiger partial charge is 0.0459 e. The maximum absolute atomic E-state index is 6.38. The Balaban J connectivity index is 1.72. The van der Waals surface area contributed by atoms with Crippen LogP contribution < -0.4 is 10.6 Å². The molecule has 0 spiro atoms. The molecule has 3 nitrogen and oxygen atoms in total. The summed E-state index contributed by atoms with van der Waals surface area (Å²) in [6.07, 6.45) is 6.27. The van der Waals surface area contributed by atoms with Gasteiger partial charge in [0.2, 0.25) is 0 Å². The zero-order chi connectivity index (χ0) is 14.7. The average molecular weight is 308 g/mol. The highest BCUT2D eigenvalue weighted by Crippen LogP contribution is 2.31. The van der Waals surface area contributed by atoms with Crippen LogP contribution in [0.15, 0.2) is 18.2 Å². The summed E-state index contributed by atoms with van der Waals surface area (Å²) in [4.78, 5) is 5.20. The van der Waals surface area contributed by atoms with Crippen molar-refractivity contribution in [1.29, 1.82) is 0 Å². The zero-order valence-electron chi connectivity index (χ0n) is 12.7. The predicted molar refractivity (Wildman–Crippen MR) is 90.3 cm³/mol. The predicted octanol–water partition coefficient (Wildman–Crippen LogP) is 2.91. The van der Waals surface area contributed by atoms with Gasteiger partial charge in [-0.05, 0) is 63.0 Å². The number of anilines is 1. The molecule has 3 rings (SSSR count). The van der Waals surface area contributed by atoms with Crippen LogP contribution in [-0.4, -0.2) is 43.7 Å². The normalized spacial score (nSPS) is 23.7. The van der Waals surface area contributed by atoms with E-state index in [1.807, 2.05) is 6.07 Å². The lowest BCUT2D eigenvalue weighted by Crippen LogP contribution is -2.41. The molecule has 2 fully saturated rings. The number of likely N-dealkylation sites (tertiary alicyclic amines) is 1. The van der Waals surface area contributed by atoms with Crippen LogP contribution in [0.4, 0.5) is 5.69 Å². The van der Waals surface area contributed by atoms with E-state index in [9.17, 15) is 0 Å². The molecule has 1 unspecified atom stereocenters. The second-order valence-corrected chi connectivity index (χ2v) is 6.67. The second kappa shape index (κ2) is 6.99. The molecule has 0 radical (unpaired) electrons. The largest absolute Gasteiger partial charge is 0.370 e. The highest BCUT2D eigenvalue weighted by atomic mass is 35.5. The topological polar surface area (TPSA) is 32.5 Å². The number of hydrogen-bond donors (Lipinski definition) is 1. The van der Waals surface area contributed by atoms with Gasteiger partial charge in [-0.15, -0.1) is 0 Å². The lowest BCUT2D eigenvalue weighted by atomic mass is 10.1. The second-order valence-electron chi connectivity index (χ2n) is 6.26. The lowest BCUT2D eigenvalue weighted by Gasteiger charge is -2.32. The van der Waals surface area contributed by atoms with E-state index in [0.29, 0.717) is 6.54 Å². The highest BCUT2D eigenvalue weighted by molar-refractivity contribution is 6.31. The van der Waals surface area contributed by atoms with Crippen LogP contribution in [-0.2, 0) is 6.42 Å². The molecule has 0 saturated carbocycles. The standard InChI is InChI=1S/C17H26ClN3/c18-16-5-4-6-17(15(16)7-9-19)21-12-8-14(13-21)20-10-2-1-3-11-20/h4-6,14H,1-3,7-13,19H2. The van der Waals surface area contributed by atoms with Gasteiger partial charge in [-0.25, -0.2) is 0 Å². The molecule has 0 bridgehead atoms. The van der Waals surface area contributed by atoms with Gasteiger partial charge in [-0.3, -0.25) is 4.90 Å². The van der Waals surface area contributed by atoms with E-state index in [4.69, 9.17) is 17.3 Å². The van der Waals surface area contributed by atoms with Gasteiger partial charge in [0.15, 0.2) is 0 Å². The monoisotopic (exact) mass is 307 g/mol. The van der Waals surface area contributed by atoms with Crippen LogP contribution in [0.3, 0.4) is 0 Å². The Labute approximate surface area is 133 Å². The van der Waals surface area contributed by atoms with Gasteiger partial charge in [0.05, 0.1) is 0 Å². The molecule has 2 heterocycles.